The number of methoxy groups -OCH3 is 2. The van der Waals surface area contributed by atoms with Crippen molar-refractivity contribution in [1.82, 2.24) is 10.6 Å². The van der Waals surface area contributed by atoms with Crippen LogP contribution >= 0.6 is 0 Å². The number of amides is 2. The highest BCUT2D eigenvalue weighted by Crippen LogP contribution is 2.38. The SMILES string of the molecule is COc1cccc(OC2CCC(NC(=O)CNC(=O)c3ccccc3)CC2)c1OC. The number of carbonyl (C=O) groups excluding carboxylic acids is 2. The summed E-state index contributed by atoms with van der Waals surface area (Å²) in [6, 6.07) is 14.5. The third kappa shape index (κ3) is 5.65. The van der Waals surface area contributed by atoms with Gasteiger partial charge in [0.15, 0.2) is 11.5 Å². The Morgan fingerprint density at radius 1 is 0.900 bits per heavy atom. The van der Waals surface area contributed by atoms with Gasteiger partial charge in [-0.1, -0.05) is 24.3 Å². The number of rotatable bonds is 8. The van der Waals surface area contributed by atoms with Crippen LogP contribution in [0.15, 0.2) is 48.5 Å². The van der Waals surface area contributed by atoms with Crippen LogP contribution in [0.25, 0.3) is 0 Å². The molecule has 2 aromatic rings. The van der Waals surface area contributed by atoms with Crippen LogP contribution < -0.4 is 24.8 Å². The Morgan fingerprint density at radius 2 is 1.60 bits per heavy atom. The van der Waals surface area contributed by atoms with Crippen LogP contribution in [-0.4, -0.2) is 44.7 Å². The summed E-state index contributed by atoms with van der Waals surface area (Å²) in [4.78, 5) is 24.2. The lowest BCUT2D eigenvalue weighted by atomic mass is 9.93. The minimum Gasteiger partial charge on any atom is -0.493 e. The number of para-hydroxylation sites is 1. The molecule has 3 rings (SSSR count). The van der Waals surface area contributed by atoms with Gasteiger partial charge < -0.3 is 24.8 Å². The van der Waals surface area contributed by atoms with Gasteiger partial charge in [0.05, 0.1) is 26.9 Å². The topological polar surface area (TPSA) is 85.9 Å². The maximum atomic E-state index is 12.2. The van der Waals surface area contributed by atoms with Gasteiger partial charge >= 0.3 is 0 Å². The Balaban J connectivity index is 1.42. The zero-order chi connectivity index (χ0) is 21.3. The smallest absolute Gasteiger partial charge is 0.251 e. The molecule has 30 heavy (non-hydrogen) atoms. The van der Waals surface area contributed by atoms with Crippen LogP contribution in [0.4, 0.5) is 0 Å². The number of hydrogen-bond donors (Lipinski definition) is 2. The van der Waals surface area contributed by atoms with E-state index in [1.807, 2.05) is 24.3 Å². The monoisotopic (exact) mass is 412 g/mol. The number of benzene rings is 2. The summed E-state index contributed by atoms with van der Waals surface area (Å²) in [7, 11) is 3.19. The first kappa shape index (κ1) is 21.5. The average Bonchev–Trinajstić information content (AvgIpc) is 2.79. The van der Waals surface area contributed by atoms with E-state index in [1.165, 1.54) is 0 Å². The molecule has 0 unspecified atom stereocenters. The van der Waals surface area contributed by atoms with E-state index in [2.05, 4.69) is 10.6 Å². The molecule has 0 aromatic heterocycles. The summed E-state index contributed by atoms with van der Waals surface area (Å²) in [5, 5.41) is 5.65. The zero-order valence-electron chi connectivity index (χ0n) is 17.4. The minimum absolute atomic E-state index is 0.0365. The Morgan fingerprint density at radius 3 is 2.27 bits per heavy atom. The maximum Gasteiger partial charge on any atom is 0.251 e. The maximum absolute atomic E-state index is 12.2. The minimum atomic E-state index is -0.255. The molecule has 1 aliphatic carbocycles. The quantitative estimate of drug-likeness (QED) is 0.696. The summed E-state index contributed by atoms with van der Waals surface area (Å²) in [5.41, 5.74) is 0.538. The second-order valence-corrected chi connectivity index (χ2v) is 7.20. The molecule has 1 aliphatic rings. The molecule has 1 saturated carbocycles. The Hall–Kier alpha value is -3.22. The molecule has 1 fully saturated rings. The normalized spacial score (nSPS) is 18.2. The zero-order valence-corrected chi connectivity index (χ0v) is 17.4. The predicted molar refractivity (Wildman–Crippen MR) is 113 cm³/mol. The Bertz CT molecular complexity index is 848. The summed E-state index contributed by atoms with van der Waals surface area (Å²) < 4.78 is 16.9. The molecule has 7 nitrogen and oxygen atoms in total. The van der Waals surface area contributed by atoms with Crippen LogP contribution in [0, 0.1) is 0 Å². The van der Waals surface area contributed by atoms with E-state index in [4.69, 9.17) is 14.2 Å². The van der Waals surface area contributed by atoms with E-state index >= 15 is 0 Å². The van der Waals surface area contributed by atoms with Crippen LogP contribution in [0.5, 0.6) is 17.2 Å². The number of ether oxygens (including phenoxy) is 3. The first-order valence-corrected chi connectivity index (χ1v) is 10.1. The molecule has 160 valence electrons. The fourth-order valence-corrected chi connectivity index (χ4v) is 3.59. The van der Waals surface area contributed by atoms with Crippen LogP contribution in [0.3, 0.4) is 0 Å². The molecule has 0 heterocycles. The van der Waals surface area contributed by atoms with Crippen molar-refractivity contribution in [3.8, 4) is 17.2 Å². The van der Waals surface area contributed by atoms with Gasteiger partial charge in [0.1, 0.15) is 0 Å². The fourth-order valence-electron chi connectivity index (χ4n) is 3.59. The van der Waals surface area contributed by atoms with E-state index < -0.39 is 0 Å². The molecular weight excluding hydrogens is 384 g/mol. The standard InChI is InChI=1S/C23H28N2O5/c1-28-19-9-6-10-20(22(19)29-2)30-18-13-11-17(12-14-18)25-21(26)15-24-23(27)16-7-4-3-5-8-16/h3-10,17-18H,11-15H2,1-2H3,(H,24,27)(H,25,26). The summed E-state index contributed by atoms with van der Waals surface area (Å²) >= 11 is 0. The number of carbonyl (C=O) groups is 2. The predicted octanol–water partition coefficient (Wildman–Crippen LogP) is 2.94. The average molecular weight is 412 g/mol. The van der Waals surface area contributed by atoms with E-state index in [0.29, 0.717) is 22.8 Å². The molecule has 2 N–H and O–H groups in total. The van der Waals surface area contributed by atoms with E-state index in [1.54, 1.807) is 38.5 Å². The van der Waals surface area contributed by atoms with Gasteiger partial charge in [-0.2, -0.15) is 0 Å². The molecule has 0 spiro atoms. The van der Waals surface area contributed by atoms with Gasteiger partial charge in [0.2, 0.25) is 11.7 Å². The van der Waals surface area contributed by atoms with E-state index in [9.17, 15) is 9.59 Å². The lowest BCUT2D eigenvalue weighted by molar-refractivity contribution is -0.121. The lowest BCUT2D eigenvalue weighted by Gasteiger charge is -2.30. The van der Waals surface area contributed by atoms with Crippen molar-refractivity contribution in [2.75, 3.05) is 20.8 Å². The van der Waals surface area contributed by atoms with Gasteiger partial charge in [-0.05, 0) is 49.9 Å². The van der Waals surface area contributed by atoms with Crippen molar-refractivity contribution in [3.05, 3.63) is 54.1 Å². The van der Waals surface area contributed by atoms with Crippen molar-refractivity contribution >= 4 is 11.8 Å². The van der Waals surface area contributed by atoms with Gasteiger partial charge in [-0.25, -0.2) is 0 Å². The van der Waals surface area contributed by atoms with Gasteiger partial charge in [0.25, 0.3) is 5.91 Å². The summed E-state index contributed by atoms with van der Waals surface area (Å²) in [6.07, 6.45) is 3.32. The molecule has 0 bridgehead atoms. The van der Waals surface area contributed by atoms with Crippen molar-refractivity contribution in [2.45, 2.75) is 37.8 Å². The van der Waals surface area contributed by atoms with Crippen molar-refractivity contribution < 1.29 is 23.8 Å². The first-order valence-electron chi connectivity index (χ1n) is 10.1. The molecule has 0 radical (unpaired) electrons. The Kier molecular flexibility index (Phi) is 7.54. The molecule has 0 saturated heterocycles. The second-order valence-electron chi connectivity index (χ2n) is 7.20. The van der Waals surface area contributed by atoms with E-state index in [0.717, 1.165) is 25.7 Å². The molecule has 2 amide bonds. The highest BCUT2D eigenvalue weighted by molar-refractivity contribution is 5.96. The van der Waals surface area contributed by atoms with Gasteiger partial charge in [0, 0.05) is 11.6 Å². The molecule has 2 aromatic carbocycles. The summed E-state index contributed by atoms with van der Waals surface area (Å²) in [6.45, 7) is -0.0365. The van der Waals surface area contributed by atoms with Crippen molar-refractivity contribution in [2.24, 2.45) is 0 Å². The molecular formula is C23H28N2O5. The molecule has 0 aliphatic heterocycles. The van der Waals surface area contributed by atoms with Crippen LogP contribution in [0.2, 0.25) is 0 Å². The largest absolute Gasteiger partial charge is 0.493 e. The van der Waals surface area contributed by atoms with Crippen LogP contribution in [-0.2, 0) is 4.79 Å². The Labute approximate surface area is 176 Å². The van der Waals surface area contributed by atoms with Gasteiger partial charge in [-0.15, -0.1) is 0 Å². The second kappa shape index (κ2) is 10.5. The first-order chi connectivity index (χ1) is 14.6. The third-order valence-corrected chi connectivity index (χ3v) is 5.15. The number of hydrogen-bond acceptors (Lipinski definition) is 5. The third-order valence-electron chi connectivity index (χ3n) is 5.15. The highest BCUT2D eigenvalue weighted by atomic mass is 16.5. The summed E-state index contributed by atoms with van der Waals surface area (Å²) in [5.74, 6) is 1.44. The molecule has 0 atom stereocenters. The highest BCUT2D eigenvalue weighted by Gasteiger charge is 2.25. The van der Waals surface area contributed by atoms with E-state index in [-0.39, 0.29) is 30.5 Å². The number of nitrogens with one attached hydrogen (secondary N) is 2. The van der Waals surface area contributed by atoms with Crippen molar-refractivity contribution in [1.29, 1.82) is 0 Å². The van der Waals surface area contributed by atoms with Gasteiger partial charge in [-0.3, -0.25) is 9.59 Å². The van der Waals surface area contributed by atoms with Crippen molar-refractivity contribution in [3.63, 3.8) is 0 Å². The molecule has 7 heteroatoms. The van der Waals surface area contributed by atoms with Crippen LogP contribution in [0.1, 0.15) is 36.0 Å². The lowest BCUT2D eigenvalue weighted by Crippen LogP contribution is -2.44. The fraction of sp³-hybridized carbons (Fsp3) is 0.391.